The number of hydrogen-bond acceptors (Lipinski definition) is 3. The molecule has 4 heteroatoms. The van der Waals surface area contributed by atoms with Gasteiger partial charge in [-0.3, -0.25) is 4.90 Å². The molecule has 3 nitrogen and oxygen atoms in total. The molecule has 2 N–H and O–H groups in total. The minimum absolute atomic E-state index is 0.152. The summed E-state index contributed by atoms with van der Waals surface area (Å²) in [6.07, 6.45) is 0.699. The maximum absolute atomic E-state index is 13.6. The lowest BCUT2D eigenvalue weighted by Gasteiger charge is -2.26. The highest BCUT2D eigenvalue weighted by Crippen LogP contribution is 2.13. The zero-order valence-electron chi connectivity index (χ0n) is 12.1. The lowest BCUT2D eigenvalue weighted by Crippen LogP contribution is -2.31. The quantitative estimate of drug-likeness (QED) is 0.780. The summed E-state index contributed by atoms with van der Waals surface area (Å²) >= 11 is 0. The molecule has 0 heterocycles. The van der Waals surface area contributed by atoms with Gasteiger partial charge in [0.1, 0.15) is 12.4 Å². The number of nitrogens with zero attached hydrogens (tertiary/aromatic N) is 1. The van der Waals surface area contributed by atoms with Crippen molar-refractivity contribution in [3.63, 3.8) is 0 Å². The molecular weight excluding hydrogens is 257 g/mol. The first-order valence-corrected chi connectivity index (χ1v) is 6.81. The molecule has 20 heavy (non-hydrogen) atoms. The van der Waals surface area contributed by atoms with Crippen LogP contribution in [-0.2, 0) is 6.54 Å². The fourth-order valence-electron chi connectivity index (χ4n) is 1.98. The van der Waals surface area contributed by atoms with Crippen molar-refractivity contribution in [3.8, 4) is 11.8 Å². The topological polar surface area (TPSA) is 43.7 Å². The van der Waals surface area contributed by atoms with Crippen LogP contribution in [0.25, 0.3) is 0 Å². The van der Waals surface area contributed by atoms with Crippen LogP contribution in [0, 0.1) is 17.7 Å². The first kappa shape index (κ1) is 16.6. The predicted molar refractivity (Wildman–Crippen MR) is 77.6 cm³/mol. The lowest BCUT2D eigenvalue weighted by molar-refractivity contribution is 0.184. The molecule has 0 aliphatic carbocycles. The van der Waals surface area contributed by atoms with Crippen LogP contribution in [-0.4, -0.2) is 40.9 Å². The van der Waals surface area contributed by atoms with Crippen molar-refractivity contribution in [2.24, 2.45) is 0 Å². The van der Waals surface area contributed by atoms with E-state index >= 15 is 0 Å². The molecule has 0 saturated carbocycles. The van der Waals surface area contributed by atoms with Crippen LogP contribution in [0.5, 0.6) is 0 Å². The van der Waals surface area contributed by atoms with E-state index in [1.165, 1.54) is 12.1 Å². The zero-order valence-corrected chi connectivity index (χ0v) is 12.1. The van der Waals surface area contributed by atoms with Crippen molar-refractivity contribution in [2.75, 3.05) is 19.8 Å². The summed E-state index contributed by atoms with van der Waals surface area (Å²) in [5.41, 5.74) is 1.42. The molecular formula is C16H22FNO2. The van der Waals surface area contributed by atoms with Crippen LogP contribution >= 0.6 is 0 Å². The number of hydrogen-bond donors (Lipinski definition) is 2. The molecule has 0 amide bonds. The summed E-state index contributed by atoms with van der Waals surface area (Å²) in [7, 11) is 0. The third-order valence-corrected chi connectivity index (χ3v) is 2.99. The van der Waals surface area contributed by atoms with Gasteiger partial charge in [-0.25, -0.2) is 4.39 Å². The van der Waals surface area contributed by atoms with E-state index < -0.39 is 0 Å². The van der Waals surface area contributed by atoms with Crippen LogP contribution in [0.1, 0.15) is 31.4 Å². The molecule has 0 aromatic heterocycles. The second-order valence-electron chi connectivity index (χ2n) is 4.95. The van der Waals surface area contributed by atoms with Crippen molar-refractivity contribution in [1.29, 1.82) is 0 Å². The first-order valence-electron chi connectivity index (χ1n) is 6.81. The molecule has 0 spiro atoms. The third-order valence-electron chi connectivity index (χ3n) is 2.99. The summed E-state index contributed by atoms with van der Waals surface area (Å²) < 4.78 is 13.6. The SMILES string of the molecule is CC(C)N(CCCO)Cc1cc(F)cc(C#CCO)c1. The fraction of sp³-hybridized carbons (Fsp3) is 0.500. The van der Waals surface area contributed by atoms with Crippen LogP contribution < -0.4 is 0 Å². The Morgan fingerprint density at radius 3 is 2.60 bits per heavy atom. The van der Waals surface area contributed by atoms with Gasteiger partial charge in [0, 0.05) is 31.3 Å². The first-order chi connectivity index (χ1) is 9.56. The summed E-state index contributed by atoms with van der Waals surface area (Å²) in [5.74, 6) is 4.92. The molecule has 0 unspecified atom stereocenters. The average Bonchev–Trinajstić information content (AvgIpc) is 2.40. The number of benzene rings is 1. The van der Waals surface area contributed by atoms with Crippen LogP contribution in [0.2, 0.25) is 0 Å². The summed E-state index contributed by atoms with van der Waals surface area (Å²) in [5, 5.41) is 17.6. The van der Waals surface area contributed by atoms with Gasteiger partial charge in [0.2, 0.25) is 0 Å². The molecule has 0 bridgehead atoms. The largest absolute Gasteiger partial charge is 0.396 e. The molecule has 110 valence electrons. The Bertz CT molecular complexity index is 477. The summed E-state index contributed by atoms with van der Waals surface area (Å²) in [4.78, 5) is 2.17. The Labute approximate surface area is 120 Å². The van der Waals surface area contributed by atoms with Crippen molar-refractivity contribution in [1.82, 2.24) is 4.90 Å². The highest BCUT2D eigenvalue weighted by molar-refractivity contribution is 5.37. The number of rotatable bonds is 6. The van der Waals surface area contributed by atoms with Crippen LogP contribution in [0.4, 0.5) is 4.39 Å². The van der Waals surface area contributed by atoms with Gasteiger partial charge in [0.05, 0.1) is 0 Å². The normalized spacial score (nSPS) is 10.8. The van der Waals surface area contributed by atoms with Gasteiger partial charge < -0.3 is 10.2 Å². The molecule has 0 fully saturated rings. The Kier molecular flexibility index (Phi) is 7.24. The fourth-order valence-corrected chi connectivity index (χ4v) is 1.98. The molecule has 0 aliphatic rings. The molecule has 1 aromatic carbocycles. The van der Waals surface area contributed by atoms with Gasteiger partial charge in [-0.05, 0) is 44.0 Å². The van der Waals surface area contributed by atoms with Crippen LogP contribution in [0.3, 0.4) is 0 Å². The molecule has 0 aliphatic heterocycles. The van der Waals surface area contributed by atoms with Crippen molar-refractivity contribution in [3.05, 3.63) is 35.1 Å². The molecule has 1 rings (SSSR count). The highest BCUT2D eigenvalue weighted by Gasteiger charge is 2.10. The minimum Gasteiger partial charge on any atom is -0.396 e. The van der Waals surface area contributed by atoms with Gasteiger partial charge in [0.15, 0.2) is 0 Å². The average molecular weight is 279 g/mol. The van der Waals surface area contributed by atoms with Gasteiger partial charge in [-0.1, -0.05) is 11.8 Å². The van der Waals surface area contributed by atoms with Crippen molar-refractivity contribution < 1.29 is 14.6 Å². The second kappa shape index (κ2) is 8.70. The van der Waals surface area contributed by atoms with E-state index in [9.17, 15) is 4.39 Å². The summed E-state index contributed by atoms with van der Waals surface area (Å²) in [6.45, 7) is 5.44. The number of aliphatic hydroxyl groups is 2. The maximum atomic E-state index is 13.6. The maximum Gasteiger partial charge on any atom is 0.124 e. The smallest absolute Gasteiger partial charge is 0.124 e. The van der Waals surface area contributed by atoms with Crippen molar-refractivity contribution >= 4 is 0 Å². The van der Waals surface area contributed by atoms with E-state index in [1.807, 2.05) is 6.07 Å². The minimum atomic E-state index is -0.324. The van der Waals surface area contributed by atoms with Gasteiger partial charge >= 0.3 is 0 Å². The van der Waals surface area contributed by atoms with E-state index in [0.29, 0.717) is 24.6 Å². The van der Waals surface area contributed by atoms with E-state index in [-0.39, 0.29) is 19.0 Å². The highest BCUT2D eigenvalue weighted by atomic mass is 19.1. The molecule has 0 saturated heterocycles. The Hall–Kier alpha value is -1.41. The third kappa shape index (κ3) is 5.70. The molecule has 0 radical (unpaired) electrons. The monoisotopic (exact) mass is 279 g/mol. The van der Waals surface area contributed by atoms with Crippen molar-refractivity contribution in [2.45, 2.75) is 32.9 Å². The Morgan fingerprint density at radius 2 is 2.00 bits per heavy atom. The number of halogens is 1. The van der Waals surface area contributed by atoms with E-state index in [2.05, 4.69) is 30.6 Å². The van der Waals surface area contributed by atoms with E-state index in [4.69, 9.17) is 10.2 Å². The Balaban J connectivity index is 2.86. The second-order valence-corrected chi connectivity index (χ2v) is 4.95. The van der Waals surface area contributed by atoms with E-state index in [0.717, 1.165) is 12.1 Å². The van der Waals surface area contributed by atoms with Crippen LogP contribution in [0.15, 0.2) is 18.2 Å². The van der Waals surface area contributed by atoms with Gasteiger partial charge in [-0.15, -0.1) is 0 Å². The van der Waals surface area contributed by atoms with E-state index in [1.54, 1.807) is 0 Å². The van der Waals surface area contributed by atoms with Gasteiger partial charge in [-0.2, -0.15) is 0 Å². The standard InChI is InChI=1S/C16H22FNO2/c1-13(2)18(6-4-8-20)12-15-9-14(5-3-7-19)10-16(17)11-15/h9-11,13,19-20H,4,6-8,12H2,1-2H3. The molecule has 0 atom stereocenters. The molecule has 1 aromatic rings. The van der Waals surface area contributed by atoms with Gasteiger partial charge in [0.25, 0.3) is 0 Å². The summed E-state index contributed by atoms with van der Waals surface area (Å²) in [6, 6.07) is 5.01. The number of aliphatic hydroxyl groups excluding tert-OH is 2. The lowest BCUT2D eigenvalue weighted by atomic mass is 10.1. The Morgan fingerprint density at radius 1 is 1.25 bits per heavy atom. The predicted octanol–water partition coefficient (Wildman–Crippen LogP) is 1.76. The zero-order chi connectivity index (χ0) is 15.0.